The summed E-state index contributed by atoms with van der Waals surface area (Å²) in [6.07, 6.45) is 3.91. The third-order valence-corrected chi connectivity index (χ3v) is 3.11. The second kappa shape index (κ2) is 6.35. The molecule has 4 nitrogen and oxygen atoms in total. The van der Waals surface area contributed by atoms with Gasteiger partial charge in [0.25, 0.3) is 0 Å². The van der Waals surface area contributed by atoms with E-state index in [4.69, 9.17) is 9.47 Å². The molecule has 106 valence electrons. The van der Waals surface area contributed by atoms with E-state index in [0.717, 1.165) is 44.0 Å². The summed E-state index contributed by atoms with van der Waals surface area (Å²) in [5.41, 5.74) is 1.20. The molecule has 0 amide bonds. The summed E-state index contributed by atoms with van der Waals surface area (Å²) in [6.45, 7) is 8.81. The van der Waals surface area contributed by atoms with Gasteiger partial charge in [0.15, 0.2) is 0 Å². The van der Waals surface area contributed by atoms with Crippen LogP contribution in [0.1, 0.15) is 39.2 Å². The van der Waals surface area contributed by atoms with Crippen LogP contribution in [0.5, 0.6) is 5.88 Å². The number of rotatable bonds is 4. The van der Waals surface area contributed by atoms with Gasteiger partial charge in [0.05, 0.1) is 13.2 Å². The standard InChI is InChI=1S/C15H24N2O2/c1-15(2,3)17-11-12-5-4-8-16-14(12)19-13-6-9-18-10-7-13/h4-5,8,13,17H,6-7,9-11H2,1-3H3. The topological polar surface area (TPSA) is 43.4 Å². The van der Waals surface area contributed by atoms with Gasteiger partial charge in [-0.2, -0.15) is 0 Å². The minimum Gasteiger partial charge on any atom is -0.474 e. The maximum absolute atomic E-state index is 6.02. The van der Waals surface area contributed by atoms with Gasteiger partial charge in [-0.1, -0.05) is 6.07 Å². The maximum atomic E-state index is 6.02. The molecule has 0 spiro atoms. The van der Waals surface area contributed by atoms with Crippen molar-refractivity contribution in [2.24, 2.45) is 0 Å². The summed E-state index contributed by atoms with van der Waals surface area (Å²) in [5.74, 6) is 0.756. The van der Waals surface area contributed by atoms with E-state index >= 15 is 0 Å². The van der Waals surface area contributed by atoms with Crippen molar-refractivity contribution in [1.82, 2.24) is 10.3 Å². The molecule has 19 heavy (non-hydrogen) atoms. The Hall–Kier alpha value is -1.13. The predicted octanol–water partition coefficient (Wildman–Crippen LogP) is 2.53. The van der Waals surface area contributed by atoms with E-state index in [9.17, 15) is 0 Å². The highest BCUT2D eigenvalue weighted by Crippen LogP contribution is 2.20. The Bertz CT molecular complexity index is 395. The van der Waals surface area contributed by atoms with Gasteiger partial charge in [-0.25, -0.2) is 4.98 Å². The third-order valence-electron chi connectivity index (χ3n) is 3.11. The second-order valence-corrected chi connectivity index (χ2v) is 6.00. The Morgan fingerprint density at radius 3 is 2.79 bits per heavy atom. The van der Waals surface area contributed by atoms with Crippen LogP contribution < -0.4 is 10.1 Å². The molecule has 2 heterocycles. The van der Waals surface area contributed by atoms with Gasteiger partial charge in [-0.05, 0) is 26.8 Å². The molecule has 4 heteroatoms. The fourth-order valence-electron chi connectivity index (χ4n) is 1.98. The molecule has 1 aromatic rings. The molecule has 0 bridgehead atoms. The number of pyridine rings is 1. The van der Waals surface area contributed by atoms with Crippen molar-refractivity contribution in [3.63, 3.8) is 0 Å². The number of aromatic nitrogens is 1. The normalized spacial score (nSPS) is 17.4. The van der Waals surface area contributed by atoms with E-state index < -0.39 is 0 Å². The van der Waals surface area contributed by atoms with Crippen molar-refractivity contribution in [1.29, 1.82) is 0 Å². The first-order valence-corrected chi connectivity index (χ1v) is 6.98. The molecule has 1 fully saturated rings. The molecule has 1 N–H and O–H groups in total. The van der Waals surface area contributed by atoms with Crippen molar-refractivity contribution >= 4 is 0 Å². The van der Waals surface area contributed by atoms with Gasteiger partial charge < -0.3 is 14.8 Å². The fraction of sp³-hybridized carbons (Fsp3) is 0.667. The van der Waals surface area contributed by atoms with E-state index in [-0.39, 0.29) is 11.6 Å². The molecule has 0 aromatic carbocycles. The van der Waals surface area contributed by atoms with E-state index in [1.165, 1.54) is 0 Å². The highest BCUT2D eigenvalue weighted by molar-refractivity contribution is 5.25. The number of hydrogen-bond acceptors (Lipinski definition) is 4. The van der Waals surface area contributed by atoms with Gasteiger partial charge in [0, 0.05) is 36.7 Å². The molecular formula is C15H24N2O2. The first-order valence-electron chi connectivity index (χ1n) is 6.98. The molecule has 1 saturated heterocycles. The van der Waals surface area contributed by atoms with E-state index in [1.807, 2.05) is 6.07 Å². The van der Waals surface area contributed by atoms with E-state index in [1.54, 1.807) is 6.20 Å². The summed E-state index contributed by atoms with van der Waals surface area (Å²) in [7, 11) is 0. The zero-order valence-corrected chi connectivity index (χ0v) is 12.1. The van der Waals surface area contributed by atoms with E-state index in [0.29, 0.717) is 0 Å². The molecule has 1 aliphatic heterocycles. The van der Waals surface area contributed by atoms with Crippen LogP contribution in [0.25, 0.3) is 0 Å². The lowest BCUT2D eigenvalue weighted by Crippen LogP contribution is -2.35. The predicted molar refractivity (Wildman–Crippen MR) is 75.3 cm³/mol. The minimum absolute atomic E-state index is 0.0891. The summed E-state index contributed by atoms with van der Waals surface area (Å²) < 4.78 is 11.4. The van der Waals surface area contributed by atoms with Crippen molar-refractivity contribution < 1.29 is 9.47 Å². The van der Waals surface area contributed by atoms with Gasteiger partial charge in [-0.3, -0.25) is 0 Å². The average molecular weight is 264 g/mol. The molecule has 1 aromatic heterocycles. The summed E-state index contributed by atoms with van der Waals surface area (Å²) in [5, 5.41) is 3.47. The summed E-state index contributed by atoms with van der Waals surface area (Å²) in [6, 6.07) is 4.02. The van der Waals surface area contributed by atoms with Crippen LogP contribution in [0.3, 0.4) is 0 Å². The Morgan fingerprint density at radius 1 is 1.37 bits per heavy atom. The van der Waals surface area contributed by atoms with Crippen molar-refractivity contribution in [2.45, 2.75) is 51.8 Å². The van der Waals surface area contributed by atoms with Gasteiger partial charge in [0.1, 0.15) is 6.10 Å². The van der Waals surface area contributed by atoms with Crippen LogP contribution in [0.2, 0.25) is 0 Å². The zero-order chi connectivity index (χ0) is 13.7. The minimum atomic E-state index is 0.0891. The second-order valence-electron chi connectivity index (χ2n) is 6.00. The first-order chi connectivity index (χ1) is 9.04. The molecular weight excluding hydrogens is 240 g/mol. The van der Waals surface area contributed by atoms with Crippen LogP contribution in [-0.4, -0.2) is 29.8 Å². The molecule has 1 aliphatic rings. The van der Waals surface area contributed by atoms with Gasteiger partial charge in [0.2, 0.25) is 5.88 Å². The zero-order valence-electron chi connectivity index (χ0n) is 12.1. The van der Waals surface area contributed by atoms with E-state index in [2.05, 4.69) is 37.1 Å². The summed E-state index contributed by atoms with van der Waals surface area (Å²) in [4.78, 5) is 4.37. The molecule has 2 rings (SSSR count). The molecule has 0 atom stereocenters. The summed E-state index contributed by atoms with van der Waals surface area (Å²) >= 11 is 0. The lowest BCUT2D eigenvalue weighted by Gasteiger charge is -2.25. The number of hydrogen-bond donors (Lipinski definition) is 1. The first kappa shape index (κ1) is 14.3. The van der Waals surface area contributed by atoms with Crippen LogP contribution in [0, 0.1) is 0 Å². The molecule has 0 saturated carbocycles. The molecule has 0 aliphatic carbocycles. The third kappa shape index (κ3) is 4.80. The highest BCUT2D eigenvalue weighted by atomic mass is 16.5. The Morgan fingerprint density at radius 2 is 2.11 bits per heavy atom. The van der Waals surface area contributed by atoms with Crippen LogP contribution in [-0.2, 0) is 11.3 Å². The highest BCUT2D eigenvalue weighted by Gasteiger charge is 2.18. The van der Waals surface area contributed by atoms with Crippen LogP contribution >= 0.6 is 0 Å². The number of nitrogens with one attached hydrogen (secondary N) is 1. The van der Waals surface area contributed by atoms with Crippen molar-refractivity contribution in [3.8, 4) is 5.88 Å². The Labute approximate surface area is 115 Å². The lowest BCUT2D eigenvalue weighted by atomic mass is 10.1. The smallest absolute Gasteiger partial charge is 0.218 e. The van der Waals surface area contributed by atoms with Crippen LogP contribution in [0.4, 0.5) is 0 Å². The monoisotopic (exact) mass is 264 g/mol. The lowest BCUT2D eigenvalue weighted by molar-refractivity contribution is 0.0232. The molecule has 0 unspecified atom stereocenters. The van der Waals surface area contributed by atoms with Gasteiger partial charge in [-0.15, -0.1) is 0 Å². The fourth-order valence-corrected chi connectivity index (χ4v) is 1.98. The maximum Gasteiger partial charge on any atom is 0.218 e. The van der Waals surface area contributed by atoms with Crippen molar-refractivity contribution in [3.05, 3.63) is 23.9 Å². The van der Waals surface area contributed by atoms with Crippen molar-refractivity contribution in [2.75, 3.05) is 13.2 Å². The number of ether oxygens (including phenoxy) is 2. The largest absolute Gasteiger partial charge is 0.474 e. The number of nitrogens with zero attached hydrogens (tertiary/aromatic N) is 1. The van der Waals surface area contributed by atoms with Gasteiger partial charge >= 0.3 is 0 Å². The quantitative estimate of drug-likeness (QED) is 0.907. The average Bonchev–Trinajstić information content (AvgIpc) is 2.38. The SMILES string of the molecule is CC(C)(C)NCc1cccnc1OC1CCOCC1. The Kier molecular flexibility index (Phi) is 4.77. The molecule has 0 radical (unpaired) electrons. The van der Waals surface area contributed by atoms with Crippen LogP contribution in [0.15, 0.2) is 18.3 Å². The Balaban J connectivity index is 1.99.